The molecule has 1 aliphatic heterocycles. The monoisotopic (exact) mass is 246 g/mol. The molecule has 1 aliphatic carbocycles. The molecule has 0 radical (unpaired) electrons. The lowest BCUT2D eigenvalue weighted by Crippen LogP contribution is -2.46. The van der Waals surface area contributed by atoms with Crippen LogP contribution in [-0.4, -0.2) is 33.5 Å². The van der Waals surface area contributed by atoms with Crippen molar-refractivity contribution in [1.82, 2.24) is 9.88 Å². The molecule has 96 valence electrons. The van der Waals surface area contributed by atoms with E-state index >= 15 is 0 Å². The topological polar surface area (TPSA) is 53.4 Å². The number of likely N-dealkylation sites (tertiary alicyclic amines) is 1. The van der Waals surface area contributed by atoms with E-state index in [1.165, 1.54) is 25.5 Å². The van der Waals surface area contributed by atoms with Crippen LogP contribution in [0.1, 0.15) is 42.5 Å². The summed E-state index contributed by atoms with van der Waals surface area (Å²) in [5, 5.41) is 9.74. The molecule has 4 heteroatoms. The second kappa shape index (κ2) is 4.59. The van der Waals surface area contributed by atoms with Gasteiger partial charge in [0.25, 0.3) is 5.91 Å². The molecule has 2 aliphatic rings. The van der Waals surface area contributed by atoms with Crippen molar-refractivity contribution in [1.29, 1.82) is 0 Å². The summed E-state index contributed by atoms with van der Waals surface area (Å²) in [5.41, 5.74) is 0.387. The Labute approximate surface area is 107 Å². The van der Waals surface area contributed by atoms with E-state index in [-0.39, 0.29) is 11.7 Å². The van der Waals surface area contributed by atoms with Crippen molar-refractivity contribution in [3.63, 3.8) is 0 Å². The maximum atomic E-state index is 12.5. The van der Waals surface area contributed by atoms with Gasteiger partial charge in [0.15, 0.2) is 0 Å². The molecule has 2 fully saturated rings. The first kappa shape index (κ1) is 11.5. The lowest BCUT2D eigenvalue weighted by molar-refractivity contribution is 0.0545. The number of hydrogen-bond donors (Lipinski definition) is 1. The summed E-state index contributed by atoms with van der Waals surface area (Å²) in [6.07, 6.45) is 8.81. The minimum Gasteiger partial charge on any atom is -0.505 e. The van der Waals surface area contributed by atoms with Gasteiger partial charge >= 0.3 is 0 Å². The summed E-state index contributed by atoms with van der Waals surface area (Å²) >= 11 is 0. The Morgan fingerprint density at radius 1 is 1.33 bits per heavy atom. The third-order valence-corrected chi connectivity index (χ3v) is 4.28. The van der Waals surface area contributed by atoms with E-state index in [0.29, 0.717) is 17.5 Å². The number of fused-ring (bicyclic) bond motifs is 1. The van der Waals surface area contributed by atoms with Gasteiger partial charge in [-0.15, -0.1) is 0 Å². The van der Waals surface area contributed by atoms with Gasteiger partial charge < -0.3 is 10.0 Å². The first-order valence-corrected chi connectivity index (χ1v) is 6.71. The quantitative estimate of drug-likeness (QED) is 0.826. The number of aromatic hydroxyl groups is 1. The van der Waals surface area contributed by atoms with Gasteiger partial charge in [-0.3, -0.25) is 9.78 Å². The van der Waals surface area contributed by atoms with E-state index < -0.39 is 0 Å². The Balaban J connectivity index is 1.86. The van der Waals surface area contributed by atoms with Crippen molar-refractivity contribution in [3.05, 3.63) is 24.0 Å². The number of pyridine rings is 1. The summed E-state index contributed by atoms with van der Waals surface area (Å²) < 4.78 is 0. The van der Waals surface area contributed by atoms with Crippen LogP contribution in [0.5, 0.6) is 5.75 Å². The van der Waals surface area contributed by atoms with Crippen LogP contribution in [0.2, 0.25) is 0 Å². The highest BCUT2D eigenvalue weighted by molar-refractivity contribution is 5.96. The number of piperidine rings is 1. The largest absolute Gasteiger partial charge is 0.505 e. The normalized spacial score (nSPS) is 27.0. The maximum absolute atomic E-state index is 12.5. The lowest BCUT2D eigenvalue weighted by atomic mass is 9.91. The predicted molar refractivity (Wildman–Crippen MR) is 67.3 cm³/mol. The zero-order chi connectivity index (χ0) is 12.5. The highest BCUT2D eigenvalue weighted by Gasteiger charge is 2.37. The third-order valence-electron chi connectivity index (χ3n) is 4.28. The molecule has 0 bridgehead atoms. The summed E-state index contributed by atoms with van der Waals surface area (Å²) in [6.45, 7) is 0.821. The van der Waals surface area contributed by atoms with Crippen LogP contribution in [0.15, 0.2) is 18.5 Å². The first-order chi connectivity index (χ1) is 8.77. The van der Waals surface area contributed by atoms with Gasteiger partial charge in [-0.1, -0.05) is 6.42 Å². The first-order valence-electron chi connectivity index (χ1n) is 6.71. The average molecular weight is 246 g/mol. The molecule has 1 saturated carbocycles. The van der Waals surface area contributed by atoms with E-state index in [9.17, 15) is 9.90 Å². The van der Waals surface area contributed by atoms with Crippen molar-refractivity contribution in [2.24, 2.45) is 5.92 Å². The van der Waals surface area contributed by atoms with Crippen LogP contribution in [0.3, 0.4) is 0 Å². The number of carbonyl (C=O) groups excluding carboxylic acids is 1. The number of carbonyl (C=O) groups is 1. The highest BCUT2D eigenvalue weighted by Crippen LogP contribution is 2.37. The lowest BCUT2D eigenvalue weighted by Gasteiger charge is -2.37. The fourth-order valence-corrected chi connectivity index (χ4v) is 3.43. The van der Waals surface area contributed by atoms with Crippen LogP contribution in [-0.2, 0) is 0 Å². The van der Waals surface area contributed by atoms with Gasteiger partial charge in [0.2, 0.25) is 0 Å². The zero-order valence-corrected chi connectivity index (χ0v) is 10.4. The Hall–Kier alpha value is -1.58. The Bertz CT molecular complexity index is 461. The molecular weight excluding hydrogens is 228 g/mol. The molecule has 0 spiro atoms. The molecule has 1 amide bonds. The van der Waals surface area contributed by atoms with Gasteiger partial charge in [0.1, 0.15) is 5.75 Å². The number of hydrogen-bond acceptors (Lipinski definition) is 3. The van der Waals surface area contributed by atoms with Crippen LogP contribution in [0, 0.1) is 5.92 Å². The summed E-state index contributed by atoms with van der Waals surface area (Å²) in [7, 11) is 0. The van der Waals surface area contributed by atoms with Crippen LogP contribution >= 0.6 is 0 Å². The molecule has 1 aromatic heterocycles. The Morgan fingerprint density at radius 2 is 2.17 bits per heavy atom. The highest BCUT2D eigenvalue weighted by atomic mass is 16.3. The smallest absolute Gasteiger partial charge is 0.257 e. The zero-order valence-electron chi connectivity index (χ0n) is 10.4. The van der Waals surface area contributed by atoms with Crippen molar-refractivity contribution >= 4 is 5.91 Å². The van der Waals surface area contributed by atoms with E-state index in [1.54, 1.807) is 12.3 Å². The van der Waals surface area contributed by atoms with Gasteiger partial charge in [-0.25, -0.2) is 0 Å². The molecule has 2 atom stereocenters. The second-order valence-corrected chi connectivity index (χ2v) is 5.29. The fraction of sp³-hybridized carbons (Fsp3) is 0.571. The molecule has 2 heterocycles. The second-order valence-electron chi connectivity index (χ2n) is 5.29. The minimum atomic E-state index is -0.0356. The van der Waals surface area contributed by atoms with E-state index in [0.717, 1.165) is 19.4 Å². The van der Waals surface area contributed by atoms with Gasteiger partial charge in [0.05, 0.1) is 11.8 Å². The van der Waals surface area contributed by atoms with Crippen LogP contribution in [0.4, 0.5) is 0 Å². The molecule has 1 N–H and O–H groups in total. The number of nitrogens with zero attached hydrogens (tertiary/aromatic N) is 2. The molecular formula is C14H18N2O2. The van der Waals surface area contributed by atoms with Crippen LogP contribution in [0.25, 0.3) is 0 Å². The number of amides is 1. The van der Waals surface area contributed by atoms with E-state index in [4.69, 9.17) is 0 Å². The summed E-state index contributed by atoms with van der Waals surface area (Å²) in [5.74, 6) is 0.626. The molecule has 18 heavy (non-hydrogen) atoms. The third kappa shape index (κ3) is 1.85. The molecule has 2 unspecified atom stereocenters. The van der Waals surface area contributed by atoms with Gasteiger partial charge in [-0.05, 0) is 37.7 Å². The Kier molecular flexibility index (Phi) is 2.94. The standard InChI is InChI=1S/C14H18N2O2/c17-13-9-15-7-6-11(13)14(18)16-8-2-4-10-3-1-5-12(10)16/h6-7,9-10,12,17H,1-5,8H2. The predicted octanol–water partition coefficient (Wildman–Crippen LogP) is 2.19. The van der Waals surface area contributed by atoms with Crippen molar-refractivity contribution in [2.45, 2.75) is 38.1 Å². The number of aromatic nitrogens is 1. The minimum absolute atomic E-state index is 0.0115. The number of rotatable bonds is 1. The SMILES string of the molecule is O=C(c1ccncc1O)N1CCCC2CCCC21. The molecule has 1 saturated heterocycles. The van der Waals surface area contributed by atoms with E-state index in [1.807, 2.05) is 4.90 Å². The van der Waals surface area contributed by atoms with Crippen molar-refractivity contribution < 1.29 is 9.90 Å². The Morgan fingerprint density at radius 3 is 3.00 bits per heavy atom. The maximum Gasteiger partial charge on any atom is 0.257 e. The van der Waals surface area contributed by atoms with Crippen molar-refractivity contribution in [2.75, 3.05) is 6.54 Å². The summed E-state index contributed by atoms with van der Waals surface area (Å²) in [6, 6.07) is 2.00. The fourth-order valence-electron chi connectivity index (χ4n) is 3.43. The molecule has 0 aromatic carbocycles. The molecule has 1 aromatic rings. The van der Waals surface area contributed by atoms with Crippen LogP contribution < -0.4 is 0 Å². The van der Waals surface area contributed by atoms with Gasteiger partial charge in [0, 0.05) is 18.8 Å². The average Bonchev–Trinajstić information content (AvgIpc) is 2.86. The van der Waals surface area contributed by atoms with Gasteiger partial charge in [-0.2, -0.15) is 0 Å². The summed E-state index contributed by atoms with van der Waals surface area (Å²) in [4.78, 5) is 18.3. The molecule has 4 nitrogen and oxygen atoms in total. The van der Waals surface area contributed by atoms with E-state index in [2.05, 4.69) is 4.98 Å². The molecule has 3 rings (SSSR count). The van der Waals surface area contributed by atoms with Crippen molar-refractivity contribution in [3.8, 4) is 5.75 Å².